The molecule has 114 valence electrons. The van der Waals surface area contributed by atoms with Gasteiger partial charge in [0, 0.05) is 11.1 Å². The Morgan fingerprint density at radius 3 is 1.33 bits per heavy atom. The Morgan fingerprint density at radius 2 is 1.00 bits per heavy atom. The van der Waals surface area contributed by atoms with Crippen molar-refractivity contribution in [1.82, 2.24) is 0 Å². The van der Waals surface area contributed by atoms with E-state index in [0.29, 0.717) is 22.3 Å². The Kier molecular flexibility index (Phi) is 4.05. The van der Waals surface area contributed by atoms with E-state index in [4.69, 9.17) is 10.5 Å². The summed E-state index contributed by atoms with van der Waals surface area (Å²) >= 11 is 0. The van der Waals surface area contributed by atoms with Crippen molar-refractivity contribution < 1.29 is 8.78 Å². The van der Waals surface area contributed by atoms with Crippen LogP contribution in [0.4, 0.5) is 8.78 Å². The third kappa shape index (κ3) is 2.86. The molecule has 2 nitrogen and oxygen atoms in total. The zero-order valence-electron chi connectivity index (χ0n) is 12.4. The van der Waals surface area contributed by atoms with Crippen molar-refractivity contribution in [1.29, 1.82) is 10.5 Å². The van der Waals surface area contributed by atoms with Gasteiger partial charge in [-0.05, 0) is 47.5 Å². The molecular formula is C20H10F2N2. The summed E-state index contributed by atoms with van der Waals surface area (Å²) in [5, 5.41) is 17.7. The first-order chi connectivity index (χ1) is 11.6. The molecule has 0 fully saturated rings. The minimum atomic E-state index is -0.560. The molecule has 0 aliphatic heterocycles. The van der Waals surface area contributed by atoms with Gasteiger partial charge in [0.1, 0.15) is 11.6 Å². The molecule has 0 aliphatic rings. The van der Waals surface area contributed by atoms with Crippen LogP contribution in [0.2, 0.25) is 0 Å². The summed E-state index contributed by atoms with van der Waals surface area (Å²) in [5.74, 6) is -1.11. The van der Waals surface area contributed by atoms with Crippen LogP contribution in [0, 0.1) is 34.3 Å². The second kappa shape index (κ2) is 6.32. The number of halogens is 2. The molecule has 0 saturated carbocycles. The number of rotatable bonds is 2. The van der Waals surface area contributed by atoms with Crippen LogP contribution in [-0.2, 0) is 0 Å². The van der Waals surface area contributed by atoms with Crippen LogP contribution in [-0.4, -0.2) is 0 Å². The van der Waals surface area contributed by atoms with Gasteiger partial charge >= 0.3 is 0 Å². The molecule has 3 aromatic carbocycles. The van der Waals surface area contributed by atoms with Gasteiger partial charge in [0.05, 0.1) is 23.3 Å². The fourth-order valence-corrected chi connectivity index (χ4v) is 2.46. The summed E-state index contributed by atoms with van der Waals surface area (Å²) in [6, 6.07) is 18.8. The Labute approximate surface area is 137 Å². The Morgan fingerprint density at radius 1 is 0.625 bits per heavy atom. The van der Waals surface area contributed by atoms with Gasteiger partial charge in [0.15, 0.2) is 0 Å². The predicted molar refractivity (Wildman–Crippen MR) is 86.7 cm³/mol. The maximum atomic E-state index is 14.9. The smallest absolute Gasteiger partial charge is 0.139 e. The highest BCUT2D eigenvalue weighted by molar-refractivity contribution is 5.75. The summed E-state index contributed by atoms with van der Waals surface area (Å²) in [5.41, 5.74) is 2.12. The quantitative estimate of drug-likeness (QED) is 0.665. The van der Waals surface area contributed by atoms with E-state index in [0.717, 1.165) is 12.1 Å². The molecule has 0 spiro atoms. The van der Waals surface area contributed by atoms with Gasteiger partial charge in [-0.15, -0.1) is 0 Å². The van der Waals surface area contributed by atoms with E-state index in [-0.39, 0.29) is 11.1 Å². The van der Waals surface area contributed by atoms with Gasteiger partial charge < -0.3 is 0 Å². The molecule has 3 rings (SSSR count). The number of hydrogen-bond donors (Lipinski definition) is 0. The maximum absolute atomic E-state index is 14.9. The van der Waals surface area contributed by atoms with Gasteiger partial charge in [-0.3, -0.25) is 0 Å². The standard InChI is InChI=1S/C20H10F2N2/c21-17-9-18(15-5-1-13(11-23)2-6-15)20(22)19(10-17)16-7-3-14(12-24)4-8-16/h1-10H. The lowest BCUT2D eigenvalue weighted by atomic mass is 9.96. The highest BCUT2D eigenvalue weighted by Crippen LogP contribution is 2.32. The zero-order chi connectivity index (χ0) is 17.1. The van der Waals surface area contributed by atoms with Crippen LogP contribution in [0.15, 0.2) is 60.7 Å². The molecule has 0 radical (unpaired) electrons. The lowest BCUT2D eigenvalue weighted by Crippen LogP contribution is -1.93. The third-order valence-corrected chi connectivity index (χ3v) is 3.69. The van der Waals surface area contributed by atoms with Crippen molar-refractivity contribution in [2.45, 2.75) is 0 Å². The average Bonchev–Trinajstić information content (AvgIpc) is 2.63. The van der Waals surface area contributed by atoms with Crippen molar-refractivity contribution >= 4 is 0 Å². The first-order valence-corrected chi connectivity index (χ1v) is 7.12. The summed E-state index contributed by atoms with van der Waals surface area (Å²) < 4.78 is 28.9. The van der Waals surface area contributed by atoms with E-state index >= 15 is 0 Å². The van der Waals surface area contributed by atoms with E-state index in [1.165, 1.54) is 0 Å². The molecule has 0 unspecified atom stereocenters. The molecule has 3 aromatic rings. The number of hydrogen-bond acceptors (Lipinski definition) is 2. The topological polar surface area (TPSA) is 47.6 Å². The van der Waals surface area contributed by atoms with Crippen LogP contribution >= 0.6 is 0 Å². The molecule has 0 aromatic heterocycles. The van der Waals surface area contributed by atoms with E-state index in [2.05, 4.69) is 0 Å². The Bertz CT molecular complexity index is 898. The van der Waals surface area contributed by atoms with Crippen LogP contribution in [0.1, 0.15) is 11.1 Å². The molecule has 0 bridgehead atoms. The monoisotopic (exact) mass is 316 g/mol. The summed E-state index contributed by atoms with van der Waals surface area (Å²) in [6.45, 7) is 0. The van der Waals surface area contributed by atoms with Crippen molar-refractivity contribution in [2.24, 2.45) is 0 Å². The molecule has 0 amide bonds. The van der Waals surface area contributed by atoms with Crippen LogP contribution in [0.5, 0.6) is 0 Å². The molecule has 0 atom stereocenters. The molecule has 24 heavy (non-hydrogen) atoms. The summed E-state index contributed by atoms with van der Waals surface area (Å²) in [7, 11) is 0. The first-order valence-electron chi connectivity index (χ1n) is 7.12. The lowest BCUT2D eigenvalue weighted by molar-refractivity contribution is 0.606. The summed E-state index contributed by atoms with van der Waals surface area (Å²) in [4.78, 5) is 0. The van der Waals surface area contributed by atoms with Crippen LogP contribution < -0.4 is 0 Å². The molecule has 0 N–H and O–H groups in total. The normalized spacial score (nSPS) is 10.0. The Hall–Kier alpha value is -3.50. The minimum absolute atomic E-state index is 0.124. The molecule has 4 heteroatoms. The molecule has 0 heterocycles. The van der Waals surface area contributed by atoms with E-state index in [1.54, 1.807) is 48.5 Å². The predicted octanol–water partition coefficient (Wildman–Crippen LogP) is 5.04. The number of nitrogens with zero attached hydrogens (tertiary/aromatic N) is 2. The molecular weight excluding hydrogens is 306 g/mol. The van der Waals surface area contributed by atoms with E-state index in [9.17, 15) is 8.78 Å². The van der Waals surface area contributed by atoms with Crippen molar-refractivity contribution in [3.05, 3.63) is 83.4 Å². The second-order valence-corrected chi connectivity index (χ2v) is 5.19. The number of nitriles is 2. The lowest BCUT2D eigenvalue weighted by Gasteiger charge is -2.10. The van der Waals surface area contributed by atoms with Crippen LogP contribution in [0.25, 0.3) is 22.3 Å². The van der Waals surface area contributed by atoms with Crippen molar-refractivity contribution in [3.8, 4) is 34.4 Å². The van der Waals surface area contributed by atoms with Gasteiger partial charge in [0.25, 0.3) is 0 Å². The second-order valence-electron chi connectivity index (χ2n) is 5.19. The van der Waals surface area contributed by atoms with Crippen LogP contribution in [0.3, 0.4) is 0 Å². The van der Waals surface area contributed by atoms with E-state index in [1.807, 2.05) is 12.1 Å². The highest BCUT2D eigenvalue weighted by atomic mass is 19.1. The van der Waals surface area contributed by atoms with Crippen molar-refractivity contribution in [2.75, 3.05) is 0 Å². The van der Waals surface area contributed by atoms with Gasteiger partial charge in [-0.1, -0.05) is 24.3 Å². The average molecular weight is 316 g/mol. The van der Waals surface area contributed by atoms with Crippen molar-refractivity contribution in [3.63, 3.8) is 0 Å². The summed E-state index contributed by atoms with van der Waals surface area (Å²) in [6.07, 6.45) is 0. The van der Waals surface area contributed by atoms with Gasteiger partial charge in [-0.2, -0.15) is 10.5 Å². The molecule has 0 aliphatic carbocycles. The SMILES string of the molecule is N#Cc1ccc(-c2cc(F)cc(-c3ccc(C#N)cc3)c2F)cc1. The maximum Gasteiger partial charge on any atom is 0.139 e. The van der Waals surface area contributed by atoms with Gasteiger partial charge in [-0.25, -0.2) is 8.78 Å². The fraction of sp³-hybridized carbons (Fsp3) is 0. The fourth-order valence-electron chi connectivity index (χ4n) is 2.46. The van der Waals surface area contributed by atoms with E-state index < -0.39 is 11.6 Å². The largest absolute Gasteiger partial charge is 0.207 e. The highest BCUT2D eigenvalue weighted by Gasteiger charge is 2.14. The zero-order valence-corrected chi connectivity index (χ0v) is 12.4. The Balaban J connectivity index is 2.13. The number of benzene rings is 3. The third-order valence-electron chi connectivity index (χ3n) is 3.69. The molecule has 0 saturated heterocycles. The first kappa shape index (κ1) is 15.4. The minimum Gasteiger partial charge on any atom is -0.207 e. The van der Waals surface area contributed by atoms with Gasteiger partial charge in [0.2, 0.25) is 0 Å².